The summed E-state index contributed by atoms with van der Waals surface area (Å²) in [6.45, 7) is 10.8. The number of nitrogens with zero attached hydrogens (tertiary/aromatic N) is 3. The minimum Gasteiger partial charge on any atom is -0.298 e. The normalized spacial score (nSPS) is 31.1. The molecule has 2 fully saturated rings. The molecule has 0 aromatic rings. The van der Waals surface area contributed by atoms with Gasteiger partial charge in [-0.25, -0.2) is 0 Å². The van der Waals surface area contributed by atoms with Gasteiger partial charge in [-0.05, 0) is 45.4 Å². The molecule has 0 aromatic heterocycles. The Labute approximate surface area is 118 Å². The van der Waals surface area contributed by atoms with E-state index in [1.165, 1.54) is 32.1 Å². The Balaban J connectivity index is 1.80. The van der Waals surface area contributed by atoms with Gasteiger partial charge >= 0.3 is 0 Å². The van der Waals surface area contributed by atoms with Crippen LogP contribution in [0.4, 0.5) is 0 Å². The molecule has 0 N–H and O–H groups in total. The summed E-state index contributed by atoms with van der Waals surface area (Å²) < 4.78 is 0. The molecular weight excluding hydrogens is 234 g/mol. The van der Waals surface area contributed by atoms with Gasteiger partial charge in [0, 0.05) is 32.2 Å². The molecule has 0 aromatic carbocycles. The Bertz CT molecular complexity index is 315. The van der Waals surface area contributed by atoms with Crippen LogP contribution in [-0.2, 0) is 0 Å². The van der Waals surface area contributed by atoms with Gasteiger partial charge in [-0.2, -0.15) is 5.26 Å². The van der Waals surface area contributed by atoms with Crippen LogP contribution >= 0.6 is 0 Å². The van der Waals surface area contributed by atoms with Crippen molar-refractivity contribution in [1.82, 2.24) is 9.80 Å². The lowest BCUT2D eigenvalue weighted by atomic mass is 9.83. The molecule has 0 unspecified atom stereocenters. The van der Waals surface area contributed by atoms with Crippen molar-refractivity contribution < 1.29 is 0 Å². The molecule has 2 aliphatic rings. The smallest absolute Gasteiger partial charge is 0.103 e. The van der Waals surface area contributed by atoms with Gasteiger partial charge in [-0.3, -0.25) is 9.80 Å². The highest BCUT2D eigenvalue weighted by molar-refractivity contribution is 5.03. The summed E-state index contributed by atoms with van der Waals surface area (Å²) in [5.74, 6) is 0.982. The van der Waals surface area contributed by atoms with Crippen LogP contribution < -0.4 is 0 Å². The van der Waals surface area contributed by atoms with E-state index in [-0.39, 0.29) is 5.54 Å². The molecule has 0 bridgehead atoms. The number of nitriles is 1. The summed E-state index contributed by atoms with van der Waals surface area (Å²) in [7, 11) is 0. The van der Waals surface area contributed by atoms with Crippen molar-refractivity contribution in [2.24, 2.45) is 5.92 Å². The standard InChI is InChI=1S/C16H29N3/c1-4-14-5-7-15(8-6-14)18-9-11-19(12-10-18)16(2,3)13-17/h14-15H,4-12H2,1-3H3. The zero-order valence-electron chi connectivity index (χ0n) is 12.9. The van der Waals surface area contributed by atoms with Crippen molar-refractivity contribution in [2.45, 2.75) is 64.5 Å². The van der Waals surface area contributed by atoms with Crippen LogP contribution in [0.15, 0.2) is 0 Å². The van der Waals surface area contributed by atoms with Gasteiger partial charge in [0.15, 0.2) is 0 Å². The molecule has 2 rings (SSSR count). The van der Waals surface area contributed by atoms with Crippen LogP contribution in [0.1, 0.15) is 52.9 Å². The largest absolute Gasteiger partial charge is 0.298 e. The van der Waals surface area contributed by atoms with Gasteiger partial charge in [-0.1, -0.05) is 13.3 Å². The fourth-order valence-corrected chi connectivity index (χ4v) is 3.64. The average molecular weight is 263 g/mol. The van der Waals surface area contributed by atoms with E-state index < -0.39 is 0 Å². The van der Waals surface area contributed by atoms with Crippen molar-refractivity contribution in [2.75, 3.05) is 26.2 Å². The van der Waals surface area contributed by atoms with Crippen molar-refractivity contribution >= 4 is 0 Å². The molecule has 3 heteroatoms. The van der Waals surface area contributed by atoms with E-state index in [0.29, 0.717) is 0 Å². The second kappa shape index (κ2) is 6.24. The first-order valence-corrected chi connectivity index (χ1v) is 7.97. The Kier molecular flexibility index (Phi) is 4.86. The minimum absolute atomic E-state index is 0.300. The Morgan fingerprint density at radius 3 is 2.11 bits per heavy atom. The summed E-state index contributed by atoms with van der Waals surface area (Å²) in [5.41, 5.74) is -0.300. The molecule has 108 valence electrons. The third kappa shape index (κ3) is 3.49. The summed E-state index contributed by atoms with van der Waals surface area (Å²) >= 11 is 0. The quantitative estimate of drug-likeness (QED) is 0.784. The van der Waals surface area contributed by atoms with Crippen LogP contribution in [0, 0.1) is 17.2 Å². The Hall–Kier alpha value is -0.590. The molecule has 0 radical (unpaired) electrons. The fourth-order valence-electron chi connectivity index (χ4n) is 3.64. The molecule has 1 aliphatic carbocycles. The van der Waals surface area contributed by atoms with Gasteiger partial charge in [0.1, 0.15) is 5.54 Å². The molecule has 19 heavy (non-hydrogen) atoms. The summed E-state index contributed by atoms with van der Waals surface area (Å²) in [5, 5.41) is 9.21. The maximum Gasteiger partial charge on any atom is 0.103 e. The Morgan fingerprint density at radius 1 is 1.05 bits per heavy atom. The fraction of sp³-hybridized carbons (Fsp3) is 0.938. The highest BCUT2D eigenvalue weighted by Gasteiger charge is 2.32. The third-order valence-electron chi connectivity index (χ3n) is 5.29. The molecule has 0 amide bonds. The van der Waals surface area contributed by atoms with Crippen LogP contribution in [0.5, 0.6) is 0 Å². The van der Waals surface area contributed by atoms with Crippen LogP contribution in [-0.4, -0.2) is 47.6 Å². The predicted molar refractivity (Wildman–Crippen MR) is 78.9 cm³/mol. The lowest BCUT2D eigenvalue weighted by molar-refractivity contribution is 0.0403. The molecular formula is C16H29N3. The molecule has 1 heterocycles. The molecule has 0 atom stereocenters. The first kappa shape index (κ1) is 14.8. The third-order valence-corrected chi connectivity index (χ3v) is 5.29. The lowest BCUT2D eigenvalue weighted by Gasteiger charge is -2.44. The van der Waals surface area contributed by atoms with E-state index in [1.54, 1.807) is 0 Å². The zero-order chi connectivity index (χ0) is 13.9. The van der Waals surface area contributed by atoms with Gasteiger partial charge in [0.2, 0.25) is 0 Å². The van der Waals surface area contributed by atoms with E-state index in [0.717, 1.165) is 38.1 Å². The highest BCUT2D eigenvalue weighted by atomic mass is 15.3. The lowest BCUT2D eigenvalue weighted by Crippen LogP contribution is -2.56. The monoisotopic (exact) mass is 263 g/mol. The van der Waals surface area contributed by atoms with E-state index in [4.69, 9.17) is 0 Å². The Morgan fingerprint density at radius 2 is 1.63 bits per heavy atom. The number of hydrogen-bond donors (Lipinski definition) is 0. The second-order valence-corrected chi connectivity index (χ2v) is 6.78. The van der Waals surface area contributed by atoms with Crippen molar-refractivity contribution in [3.63, 3.8) is 0 Å². The summed E-state index contributed by atoms with van der Waals surface area (Å²) in [6.07, 6.45) is 6.98. The van der Waals surface area contributed by atoms with Crippen LogP contribution in [0.3, 0.4) is 0 Å². The van der Waals surface area contributed by atoms with Gasteiger partial charge < -0.3 is 0 Å². The molecule has 1 saturated carbocycles. The van der Waals surface area contributed by atoms with Gasteiger partial charge in [-0.15, -0.1) is 0 Å². The van der Waals surface area contributed by atoms with Crippen molar-refractivity contribution in [1.29, 1.82) is 5.26 Å². The van der Waals surface area contributed by atoms with Gasteiger partial charge in [0.25, 0.3) is 0 Å². The second-order valence-electron chi connectivity index (χ2n) is 6.78. The van der Waals surface area contributed by atoms with E-state index >= 15 is 0 Å². The van der Waals surface area contributed by atoms with E-state index in [2.05, 4.69) is 22.8 Å². The molecule has 1 aliphatic heterocycles. The van der Waals surface area contributed by atoms with E-state index in [9.17, 15) is 5.26 Å². The maximum absolute atomic E-state index is 9.21. The SMILES string of the molecule is CCC1CCC(N2CCN(C(C)(C)C#N)CC2)CC1. The minimum atomic E-state index is -0.300. The predicted octanol–water partition coefficient (Wildman–Crippen LogP) is 2.87. The summed E-state index contributed by atoms with van der Waals surface area (Å²) in [6, 6.07) is 3.24. The number of hydrogen-bond acceptors (Lipinski definition) is 3. The van der Waals surface area contributed by atoms with Crippen molar-refractivity contribution in [3.8, 4) is 6.07 Å². The van der Waals surface area contributed by atoms with Crippen LogP contribution in [0.2, 0.25) is 0 Å². The van der Waals surface area contributed by atoms with Crippen molar-refractivity contribution in [3.05, 3.63) is 0 Å². The number of rotatable bonds is 3. The first-order chi connectivity index (χ1) is 9.06. The molecule has 0 spiro atoms. The first-order valence-electron chi connectivity index (χ1n) is 7.97. The molecule has 3 nitrogen and oxygen atoms in total. The van der Waals surface area contributed by atoms with E-state index in [1.807, 2.05) is 13.8 Å². The molecule has 1 saturated heterocycles. The van der Waals surface area contributed by atoms with Gasteiger partial charge in [0.05, 0.1) is 6.07 Å². The zero-order valence-corrected chi connectivity index (χ0v) is 12.9. The number of piperazine rings is 1. The average Bonchev–Trinajstić information content (AvgIpc) is 2.47. The maximum atomic E-state index is 9.21. The highest BCUT2D eigenvalue weighted by Crippen LogP contribution is 2.30. The van der Waals surface area contributed by atoms with Crippen LogP contribution in [0.25, 0.3) is 0 Å². The summed E-state index contributed by atoms with van der Waals surface area (Å²) in [4.78, 5) is 5.01. The topological polar surface area (TPSA) is 30.3 Å².